The van der Waals surface area contributed by atoms with Crippen molar-refractivity contribution in [2.24, 2.45) is 0 Å². The van der Waals surface area contributed by atoms with Crippen molar-refractivity contribution in [1.29, 1.82) is 0 Å². The minimum Gasteiger partial charge on any atom is -0.335 e. The number of aromatic nitrogens is 3. The first-order chi connectivity index (χ1) is 12.5. The van der Waals surface area contributed by atoms with Gasteiger partial charge in [0.25, 0.3) is 0 Å². The first-order valence-corrected chi connectivity index (χ1v) is 8.52. The number of carbonyl (C=O) groups excluding carboxylic acids is 1. The number of rotatable bonds is 5. The third-order valence-corrected chi connectivity index (χ3v) is 4.60. The molecule has 0 spiro atoms. The minimum atomic E-state index is -0.556. The number of carbonyl (C=O) groups is 1. The van der Waals surface area contributed by atoms with Crippen molar-refractivity contribution in [1.82, 2.24) is 14.9 Å². The molecule has 0 aliphatic heterocycles. The first kappa shape index (κ1) is 17.9. The maximum atomic E-state index is 13.9. The van der Waals surface area contributed by atoms with E-state index in [4.69, 9.17) is 5.84 Å². The summed E-state index contributed by atoms with van der Waals surface area (Å²) in [5.41, 5.74) is 0.697. The largest absolute Gasteiger partial charge is 0.335 e. The number of nitrogens with one attached hydrogen (secondary N) is 1. The van der Waals surface area contributed by atoms with E-state index in [1.54, 1.807) is 25.1 Å². The van der Waals surface area contributed by atoms with Crippen LogP contribution in [-0.4, -0.2) is 26.0 Å². The van der Waals surface area contributed by atoms with Crippen molar-refractivity contribution in [2.75, 3.05) is 11.2 Å². The van der Waals surface area contributed by atoms with Gasteiger partial charge in [-0.25, -0.2) is 13.5 Å². The quantitative estimate of drug-likeness (QED) is 0.529. The lowest BCUT2D eigenvalue weighted by Gasteiger charge is -2.11. The molecule has 3 N–H and O–H groups in total. The van der Waals surface area contributed by atoms with E-state index in [2.05, 4.69) is 15.5 Å². The summed E-state index contributed by atoms with van der Waals surface area (Å²) >= 11 is 1.08. The fraction of sp³-hybridized carbons (Fsp3) is 0.118. The van der Waals surface area contributed by atoms with Crippen LogP contribution in [0.1, 0.15) is 6.92 Å². The monoisotopic (exact) mass is 375 g/mol. The summed E-state index contributed by atoms with van der Waals surface area (Å²) in [5, 5.41) is 10.2. The average Bonchev–Trinajstić information content (AvgIpc) is 2.98. The van der Waals surface area contributed by atoms with Gasteiger partial charge in [-0.05, 0) is 43.3 Å². The van der Waals surface area contributed by atoms with Crippen molar-refractivity contribution >= 4 is 23.4 Å². The van der Waals surface area contributed by atoms with Crippen LogP contribution >= 0.6 is 11.8 Å². The van der Waals surface area contributed by atoms with Crippen LogP contribution in [0.15, 0.2) is 53.7 Å². The lowest BCUT2D eigenvalue weighted by molar-refractivity contribution is -0.115. The molecule has 1 heterocycles. The lowest BCUT2D eigenvalue weighted by Crippen LogP contribution is -2.23. The van der Waals surface area contributed by atoms with E-state index in [1.807, 2.05) is 0 Å². The van der Waals surface area contributed by atoms with Gasteiger partial charge in [-0.2, -0.15) is 0 Å². The minimum absolute atomic E-state index is 0.164. The predicted molar refractivity (Wildman–Crippen MR) is 95.9 cm³/mol. The Kier molecular flexibility index (Phi) is 5.17. The molecule has 6 nitrogen and oxygen atoms in total. The SMILES string of the molecule is C[C@@H](Sc1nnc(-c2ccccc2F)n1N)C(=O)Nc1ccc(F)cc1. The van der Waals surface area contributed by atoms with E-state index in [9.17, 15) is 13.6 Å². The summed E-state index contributed by atoms with van der Waals surface area (Å²) in [6.45, 7) is 1.67. The van der Waals surface area contributed by atoms with Crippen LogP contribution in [0.5, 0.6) is 0 Å². The van der Waals surface area contributed by atoms with Gasteiger partial charge in [0, 0.05) is 5.69 Å². The maximum absolute atomic E-state index is 13.9. The number of anilines is 1. The van der Waals surface area contributed by atoms with Crippen molar-refractivity contribution < 1.29 is 13.6 Å². The average molecular weight is 375 g/mol. The Balaban J connectivity index is 1.71. The summed E-state index contributed by atoms with van der Waals surface area (Å²) in [5.74, 6) is 4.95. The summed E-state index contributed by atoms with van der Waals surface area (Å²) in [4.78, 5) is 12.3. The summed E-state index contributed by atoms with van der Waals surface area (Å²) < 4.78 is 27.9. The van der Waals surface area contributed by atoms with E-state index in [-0.39, 0.29) is 28.3 Å². The number of hydrogen-bond acceptors (Lipinski definition) is 5. The first-order valence-electron chi connectivity index (χ1n) is 7.64. The molecule has 9 heteroatoms. The fourth-order valence-corrected chi connectivity index (χ4v) is 2.94. The number of halogens is 2. The molecule has 0 aliphatic carbocycles. The van der Waals surface area contributed by atoms with Crippen LogP contribution in [0, 0.1) is 11.6 Å². The molecule has 26 heavy (non-hydrogen) atoms. The zero-order valence-corrected chi connectivity index (χ0v) is 14.5. The normalized spacial score (nSPS) is 12.0. The van der Waals surface area contributed by atoms with Crippen LogP contribution in [0.4, 0.5) is 14.5 Å². The van der Waals surface area contributed by atoms with Crippen LogP contribution in [0.2, 0.25) is 0 Å². The van der Waals surface area contributed by atoms with Gasteiger partial charge in [-0.15, -0.1) is 10.2 Å². The molecule has 0 fully saturated rings. The van der Waals surface area contributed by atoms with Gasteiger partial charge in [0.05, 0.1) is 10.8 Å². The zero-order valence-electron chi connectivity index (χ0n) is 13.7. The topological polar surface area (TPSA) is 85.8 Å². The van der Waals surface area contributed by atoms with Gasteiger partial charge in [0.2, 0.25) is 11.1 Å². The molecule has 1 aromatic heterocycles. The molecule has 1 amide bonds. The zero-order chi connectivity index (χ0) is 18.7. The Morgan fingerprint density at radius 2 is 1.85 bits per heavy atom. The highest BCUT2D eigenvalue weighted by Gasteiger charge is 2.21. The van der Waals surface area contributed by atoms with Crippen LogP contribution in [-0.2, 0) is 4.79 Å². The van der Waals surface area contributed by atoms with Gasteiger partial charge in [-0.3, -0.25) is 4.79 Å². The van der Waals surface area contributed by atoms with Crippen molar-refractivity contribution in [2.45, 2.75) is 17.3 Å². The van der Waals surface area contributed by atoms with Gasteiger partial charge >= 0.3 is 0 Å². The van der Waals surface area contributed by atoms with Gasteiger partial charge in [0.1, 0.15) is 11.6 Å². The van der Waals surface area contributed by atoms with E-state index in [0.29, 0.717) is 5.69 Å². The van der Waals surface area contributed by atoms with Crippen LogP contribution < -0.4 is 11.2 Å². The number of hydrogen-bond donors (Lipinski definition) is 2. The van der Waals surface area contributed by atoms with Gasteiger partial charge < -0.3 is 11.2 Å². The molecular weight excluding hydrogens is 360 g/mol. The number of nitrogen functional groups attached to an aromatic ring is 1. The maximum Gasteiger partial charge on any atom is 0.237 e. The molecule has 0 unspecified atom stereocenters. The standard InChI is InChI=1S/C17H15F2N5OS/c1-10(16(25)21-12-8-6-11(18)7-9-12)26-17-23-22-15(24(17)20)13-4-2-3-5-14(13)19/h2-10H,20H2,1H3,(H,21,25)/t10-/m1/s1. The fourth-order valence-electron chi connectivity index (χ4n) is 2.17. The second-order valence-corrected chi connectivity index (χ2v) is 6.72. The van der Waals surface area contributed by atoms with Crippen molar-refractivity contribution in [3.05, 3.63) is 60.2 Å². The highest BCUT2D eigenvalue weighted by molar-refractivity contribution is 8.00. The Hall–Kier alpha value is -2.94. The Labute approximate surface area is 152 Å². The molecule has 3 rings (SSSR count). The van der Waals surface area contributed by atoms with Crippen molar-refractivity contribution in [3.8, 4) is 11.4 Å². The van der Waals surface area contributed by atoms with E-state index >= 15 is 0 Å². The van der Waals surface area contributed by atoms with E-state index in [0.717, 1.165) is 16.4 Å². The number of benzene rings is 2. The third-order valence-electron chi connectivity index (χ3n) is 3.54. The Morgan fingerprint density at radius 1 is 1.15 bits per heavy atom. The number of nitrogens with zero attached hydrogens (tertiary/aromatic N) is 3. The molecule has 0 saturated heterocycles. The highest BCUT2D eigenvalue weighted by atomic mass is 32.2. The van der Waals surface area contributed by atoms with Crippen molar-refractivity contribution in [3.63, 3.8) is 0 Å². The predicted octanol–water partition coefficient (Wildman–Crippen LogP) is 3.06. The summed E-state index contributed by atoms with van der Waals surface area (Å²) in [7, 11) is 0. The third kappa shape index (κ3) is 3.83. The summed E-state index contributed by atoms with van der Waals surface area (Å²) in [6.07, 6.45) is 0. The molecule has 0 aliphatic rings. The van der Waals surface area contributed by atoms with Crippen LogP contribution in [0.3, 0.4) is 0 Å². The number of thioether (sulfide) groups is 1. The second-order valence-electron chi connectivity index (χ2n) is 5.41. The Bertz CT molecular complexity index is 929. The summed E-state index contributed by atoms with van der Waals surface area (Å²) in [6, 6.07) is 11.5. The van der Waals surface area contributed by atoms with Gasteiger partial charge in [0.15, 0.2) is 5.82 Å². The molecular formula is C17H15F2N5OS. The molecule has 0 bridgehead atoms. The lowest BCUT2D eigenvalue weighted by atomic mass is 10.2. The van der Waals surface area contributed by atoms with Gasteiger partial charge in [-0.1, -0.05) is 23.9 Å². The molecule has 0 radical (unpaired) electrons. The molecule has 134 valence electrons. The number of amides is 1. The number of nitrogens with two attached hydrogens (primary N) is 1. The highest BCUT2D eigenvalue weighted by Crippen LogP contribution is 2.26. The molecule has 0 saturated carbocycles. The Morgan fingerprint density at radius 3 is 2.54 bits per heavy atom. The van der Waals surface area contributed by atoms with Crippen LogP contribution in [0.25, 0.3) is 11.4 Å². The second kappa shape index (κ2) is 7.52. The molecule has 1 atom stereocenters. The molecule has 3 aromatic rings. The van der Waals surface area contributed by atoms with E-state index < -0.39 is 11.1 Å². The molecule has 2 aromatic carbocycles. The van der Waals surface area contributed by atoms with E-state index in [1.165, 1.54) is 30.3 Å². The smallest absolute Gasteiger partial charge is 0.237 e.